The van der Waals surface area contributed by atoms with Crippen molar-refractivity contribution in [1.82, 2.24) is 9.47 Å². The number of aromatic nitrogens is 2. The fourth-order valence-electron chi connectivity index (χ4n) is 5.71. The minimum absolute atomic E-state index is 0.206. The first-order valence-electron chi connectivity index (χ1n) is 15.8. The smallest absolute Gasteiger partial charge is 0.344 e. The van der Waals surface area contributed by atoms with Gasteiger partial charge in [-0.1, -0.05) is 88.9 Å². The van der Waals surface area contributed by atoms with Gasteiger partial charge in [-0.05, 0) is 46.7 Å². The molecule has 0 saturated carbocycles. The van der Waals surface area contributed by atoms with E-state index < -0.39 is 0 Å². The molecule has 2 aromatic carbocycles. The Morgan fingerprint density at radius 1 is 0.915 bits per heavy atom. The van der Waals surface area contributed by atoms with E-state index in [9.17, 15) is 0 Å². The largest absolute Gasteiger partial charge is 0.478 e. The fraction of sp³-hybridized carbons (Fsp3) is 0.333. The Bertz CT molecular complexity index is 1740. The third-order valence-corrected chi connectivity index (χ3v) is 8.97. The van der Waals surface area contributed by atoms with Gasteiger partial charge in [0.1, 0.15) is 12.4 Å². The standard InChI is InChI=1S/C39H49N6O2/c1-12-43(7)34(40-6)35(46-10)41-33-24-21-31(22-25-33)39(4,5)30-18-16-29(17-19-30)38(2,3)28-14-13-15-32(23-20-28)42-36(47-11)37-44(8)26-27-45(37)9/h12-14,16-27H,1,15H2,2-11H3/q+1. The number of imidazole rings is 1. The number of amidine groups is 1. The molecular formula is C39H49N6O2+. The number of likely N-dealkylation sites (N-methyl/N-ethyl adjacent to an activating group) is 1. The summed E-state index contributed by atoms with van der Waals surface area (Å²) in [6.45, 7) is 12.8. The molecule has 0 fully saturated rings. The van der Waals surface area contributed by atoms with Crippen LogP contribution < -0.4 is 4.57 Å². The quantitative estimate of drug-likeness (QED) is 0.151. The Morgan fingerprint density at radius 3 is 2.02 bits per heavy atom. The van der Waals surface area contributed by atoms with Gasteiger partial charge in [0, 0.05) is 37.0 Å². The molecule has 3 aromatic rings. The molecule has 0 atom stereocenters. The van der Waals surface area contributed by atoms with E-state index in [1.54, 1.807) is 32.4 Å². The maximum atomic E-state index is 5.69. The van der Waals surface area contributed by atoms with Crippen LogP contribution in [0.4, 0.5) is 5.69 Å². The molecule has 8 heteroatoms. The first-order valence-corrected chi connectivity index (χ1v) is 15.8. The van der Waals surface area contributed by atoms with Crippen LogP contribution in [0.5, 0.6) is 0 Å². The Kier molecular flexibility index (Phi) is 10.9. The van der Waals surface area contributed by atoms with E-state index in [4.69, 9.17) is 14.5 Å². The zero-order valence-electron chi connectivity index (χ0n) is 29.6. The number of ether oxygens (including phenoxy) is 2. The number of allylic oxidation sites excluding steroid dienone is 5. The van der Waals surface area contributed by atoms with Crippen LogP contribution in [-0.2, 0) is 34.4 Å². The average molecular weight is 634 g/mol. The normalized spacial score (nSPS) is 14.7. The van der Waals surface area contributed by atoms with Gasteiger partial charge in [0.05, 0.1) is 34.0 Å². The van der Waals surface area contributed by atoms with Crippen molar-refractivity contribution < 1.29 is 14.0 Å². The maximum Gasteiger partial charge on any atom is 0.344 e. The van der Waals surface area contributed by atoms with Gasteiger partial charge < -0.3 is 14.4 Å². The molecular weight excluding hydrogens is 584 g/mol. The van der Waals surface area contributed by atoms with Gasteiger partial charge in [-0.25, -0.2) is 19.1 Å². The van der Waals surface area contributed by atoms with Crippen LogP contribution in [-0.4, -0.2) is 55.4 Å². The lowest BCUT2D eigenvalue weighted by Gasteiger charge is -2.30. The molecule has 0 amide bonds. The number of rotatable bonds is 8. The lowest BCUT2D eigenvalue weighted by molar-refractivity contribution is -0.672. The van der Waals surface area contributed by atoms with E-state index in [2.05, 4.69) is 105 Å². The van der Waals surface area contributed by atoms with Gasteiger partial charge in [-0.2, -0.15) is 0 Å². The van der Waals surface area contributed by atoms with Crippen LogP contribution in [0.2, 0.25) is 0 Å². The topological polar surface area (TPSA) is 67.6 Å². The van der Waals surface area contributed by atoms with E-state index in [-0.39, 0.29) is 10.8 Å². The van der Waals surface area contributed by atoms with Crippen LogP contribution >= 0.6 is 0 Å². The summed E-state index contributed by atoms with van der Waals surface area (Å²) in [6.07, 6.45) is 15.1. The lowest BCUT2D eigenvalue weighted by Crippen LogP contribution is -2.35. The molecule has 0 spiro atoms. The van der Waals surface area contributed by atoms with Crippen molar-refractivity contribution in [1.29, 1.82) is 0 Å². The van der Waals surface area contributed by atoms with Gasteiger partial charge >= 0.3 is 11.7 Å². The van der Waals surface area contributed by atoms with E-state index in [1.807, 2.05) is 54.8 Å². The van der Waals surface area contributed by atoms with Crippen molar-refractivity contribution in [2.24, 2.45) is 29.1 Å². The van der Waals surface area contributed by atoms with Crippen LogP contribution in [0.15, 0.2) is 124 Å². The second-order valence-electron chi connectivity index (χ2n) is 12.7. The van der Waals surface area contributed by atoms with Crippen molar-refractivity contribution in [2.45, 2.75) is 44.9 Å². The van der Waals surface area contributed by atoms with Gasteiger partial charge in [0.25, 0.3) is 5.90 Å². The third-order valence-electron chi connectivity index (χ3n) is 8.97. The van der Waals surface area contributed by atoms with E-state index in [0.717, 1.165) is 23.6 Å². The van der Waals surface area contributed by atoms with Crippen molar-refractivity contribution in [3.63, 3.8) is 0 Å². The zero-order valence-corrected chi connectivity index (χ0v) is 29.6. The molecule has 246 valence electrons. The van der Waals surface area contributed by atoms with E-state index in [0.29, 0.717) is 17.6 Å². The number of benzene rings is 2. The molecule has 0 aliphatic heterocycles. The molecule has 1 aliphatic rings. The summed E-state index contributed by atoms with van der Waals surface area (Å²) < 4.78 is 15.2. The highest BCUT2D eigenvalue weighted by Gasteiger charge is 2.28. The predicted octanol–water partition coefficient (Wildman–Crippen LogP) is 7.10. The number of hydrogen-bond acceptors (Lipinski definition) is 5. The Labute approximate surface area is 280 Å². The van der Waals surface area contributed by atoms with Crippen LogP contribution in [0.25, 0.3) is 0 Å². The number of aliphatic imine (C=N–C) groups is 3. The second-order valence-corrected chi connectivity index (χ2v) is 12.7. The monoisotopic (exact) mass is 633 g/mol. The summed E-state index contributed by atoms with van der Waals surface area (Å²) in [4.78, 5) is 15.6. The molecule has 47 heavy (non-hydrogen) atoms. The van der Waals surface area contributed by atoms with Crippen molar-refractivity contribution in [3.05, 3.63) is 132 Å². The molecule has 1 heterocycles. The lowest BCUT2D eigenvalue weighted by atomic mass is 9.74. The summed E-state index contributed by atoms with van der Waals surface area (Å²) in [5.74, 6) is 2.53. The van der Waals surface area contributed by atoms with Crippen molar-refractivity contribution >= 4 is 23.3 Å². The SMILES string of the molecule is C=CN(C)C(=NC)C(=Nc1ccc(C(C)(C)c2ccc(C(C)(C)C3=CC=C(N=C(OC)c4n(C)cc[n+]4C)CC=C3)cc2)cc1)OC. The number of methoxy groups -OCH3 is 2. The Hall–Kier alpha value is -4.98. The highest BCUT2D eigenvalue weighted by molar-refractivity contribution is 6.38. The highest BCUT2D eigenvalue weighted by atomic mass is 16.5. The Morgan fingerprint density at radius 2 is 1.51 bits per heavy atom. The molecule has 0 N–H and O–H groups in total. The van der Waals surface area contributed by atoms with Gasteiger partial charge in [0.15, 0.2) is 5.84 Å². The molecule has 8 nitrogen and oxygen atoms in total. The molecule has 0 unspecified atom stereocenters. The Balaban J connectivity index is 1.55. The van der Waals surface area contributed by atoms with Gasteiger partial charge in [-0.3, -0.25) is 4.99 Å². The van der Waals surface area contributed by atoms with Crippen LogP contribution in [0.1, 0.15) is 56.6 Å². The zero-order chi connectivity index (χ0) is 34.4. The third kappa shape index (κ3) is 7.54. The maximum absolute atomic E-state index is 5.69. The minimum Gasteiger partial charge on any atom is -0.478 e. The summed E-state index contributed by atoms with van der Waals surface area (Å²) in [7, 11) is 10.8. The van der Waals surface area contributed by atoms with E-state index in [1.165, 1.54) is 22.3 Å². The number of nitrogens with zero attached hydrogens (tertiary/aromatic N) is 6. The van der Waals surface area contributed by atoms with Crippen LogP contribution in [0.3, 0.4) is 0 Å². The minimum atomic E-state index is -0.209. The summed E-state index contributed by atoms with van der Waals surface area (Å²) >= 11 is 0. The van der Waals surface area contributed by atoms with Crippen LogP contribution in [0, 0.1) is 0 Å². The summed E-state index contributed by atoms with van der Waals surface area (Å²) in [5, 5.41) is 0. The molecule has 0 saturated heterocycles. The molecule has 1 aromatic heterocycles. The van der Waals surface area contributed by atoms with Crippen molar-refractivity contribution in [3.8, 4) is 0 Å². The van der Waals surface area contributed by atoms with Gasteiger partial charge in [-0.15, -0.1) is 0 Å². The predicted molar refractivity (Wildman–Crippen MR) is 194 cm³/mol. The highest BCUT2D eigenvalue weighted by Crippen LogP contribution is 2.37. The summed E-state index contributed by atoms with van der Waals surface area (Å²) in [5.41, 5.74) is 6.22. The first kappa shape index (κ1) is 34.9. The van der Waals surface area contributed by atoms with Gasteiger partial charge in [0.2, 0.25) is 0 Å². The average Bonchev–Trinajstić information content (AvgIpc) is 3.24. The molecule has 1 aliphatic carbocycles. The van der Waals surface area contributed by atoms with Crippen molar-refractivity contribution in [2.75, 3.05) is 28.3 Å². The number of aryl methyl sites for hydroxylation is 2. The fourth-order valence-corrected chi connectivity index (χ4v) is 5.71. The second kappa shape index (κ2) is 14.6. The molecule has 0 bridgehead atoms. The first-order chi connectivity index (χ1) is 22.4. The molecule has 4 rings (SSSR count). The molecule has 0 radical (unpaired) electrons. The summed E-state index contributed by atoms with van der Waals surface area (Å²) in [6, 6.07) is 17.3. The van der Waals surface area contributed by atoms with E-state index >= 15 is 0 Å². The number of hydrogen-bond donors (Lipinski definition) is 0.